The van der Waals surface area contributed by atoms with Crippen LogP contribution in [0.4, 0.5) is 0 Å². The van der Waals surface area contributed by atoms with E-state index < -0.39 is 6.04 Å². The van der Waals surface area contributed by atoms with E-state index in [2.05, 4.69) is 0 Å². The Morgan fingerprint density at radius 2 is 1.79 bits per heavy atom. The van der Waals surface area contributed by atoms with Crippen LogP contribution >= 0.6 is 0 Å². The first-order valence-corrected chi connectivity index (χ1v) is 6.29. The molecule has 1 atom stereocenters. The summed E-state index contributed by atoms with van der Waals surface area (Å²) >= 11 is 0. The molecule has 1 aromatic rings. The summed E-state index contributed by atoms with van der Waals surface area (Å²) in [6.07, 6.45) is 0.163. The van der Waals surface area contributed by atoms with Gasteiger partial charge in [0.15, 0.2) is 5.78 Å². The van der Waals surface area contributed by atoms with E-state index in [4.69, 9.17) is 0 Å². The van der Waals surface area contributed by atoms with Gasteiger partial charge >= 0.3 is 0 Å². The number of Topliss-reactive ketones (excluding diaryl/α,β-unsaturated/α-hetero) is 1. The highest BCUT2D eigenvalue weighted by molar-refractivity contribution is 6.02. The van der Waals surface area contributed by atoms with E-state index >= 15 is 0 Å². The Morgan fingerprint density at radius 3 is 2.53 bits per heavy atom. The fourth-order valence-corrected chi connectivity index (χ4v) is 2.65. The SMILES string of the molecule is O=C1CC2C(=O)N(Cc3ccccc3)CC(=O)N2C1. The van der Waals surface area contributed by atoms with Crippen LogP contribution in [0, 0.1) is 0 Å². The second-order valence-corrected chi connectivity index (χ2v) is 4.96. The standard InChI is InChI=1S/C14H14N2O3/c17-11-6-12-14(19)15(9-13(18)16(12)8-11)7-10-4-2-1-3-5-10/h1-5,12H,6-9H2. The molecule has 2 aliphatic rings. The smallest absolute Gasteiger partial charge is 0.246 e. The minimum absolute atomic E-state index is 0.0340. The number of hydrogen-bond donors (Lipinski definition) is 0. The Hall–Kier alpha value is -2.17. The Balaban J connectivity index is 1.79. The molecule has 1 aromatic carbocycles. The highest BCUT2D eigenvalue weighted by Gasteiger charge is 2.44. The first-order chi connectivity index (χ1) is 9.15. The minimum Gasteiger partial charge on any atom is -0.327 e. The van der Waals surface area contributed by atoms with Gasteiger partial charge in [0.05, 0.1) is 6.54 Å². The van der Waals surface area contributed by atoms with E-state index in [0.29, 0.717) is 6.54 Å². The fourth-order valence-electron chi connectivity index (χ4n) is 2.65. The third-order valence-corrected chi connectivity index (χ3v) is 3.60. The number of nitrogens with zero attached hydrogens (tertiary/aromatic N) is 2. The molecule has 2 aliphatic heterocycles. The van der Waals surface area contributed by atoms with Gasteiger partial charge in [-0.3, -0.25) is 14.4 Å². The molecular weight excluding hydrogens is 244 g/mol. The molecule has 1 unspecified atom stereocenters. The van der Waals surface area contributed by atoms with Gasteiger partial charge in [0.25, 0.3) is 0 Å². The van der Waals surface area contributed by atoms with Crippen molar-refractivity contribution in [1.29, 1.82) is 0 Å². The van der Waals surface area contributed by atoms with Gasteiger partial charge in [0, 0.05) is 13.0 Å². The van der Waals surface area contributed by atoms with Crippen molar-refractivity contribution in [3.05, 3.63) is 35.9 Å². The Kier molecular flexibility index (Phi) is 2.81. The number of hydrogen-bond acceptors (Lipinski definition) is 3. The van der Waals surface area contributed by atoms with Crippen molar-refractivity contribution in [2.45, 2.75) is 19.0 Å². The molecule has 3 rings (SSSR count). The van der Waals surface area contributed by atoms with Crippen LogP contribution in [0.15, 0.2) is 30.3 Å². The van der Waals surface area contributed by atoms with Crippen molar-refractivity contribution in [3.8, 4) is 0 Å². The van der Waals surface area contributed by atoms with Crippen LogP contribution in [0.3, 0.4) is 0 Å². The van der Waals surface area contributed by atoms with Gasteiger partial charge in [-0.15, -0.1) is 0 Å². The average Bonchev–Trinajstić information content (AvgIpc) is 2.80. The maximum atomic E-state index is 12.3. The molecule has 98 valence electrons. The number of fused-ring (bicyclic) bond motifs is 1. The lowest BCUT2D eigenvalue weighted by atomic mass is 10.1. The third kappa shape index (κ3) is 2.12. The van der Waals surface area contributed by atoms with E-state index in [-0.39, 0.29) is 37.1 Å². The third-order valence-electron chi connectivity index (χ3n) is 3.60. The van der Waals surface area contributed by atoms with Crippen molar-refractivity contribution in [1.82, 2.24) is 9.80 Å². The number of rotatable bonds is 2. The summed E-state index contributed by atoms with van der Waals surface area (Å²) in [4.78, 5) is 38.6. The van der Waals surface area contributed by atoms with Gasteiger partial charge in [-0.25, -0.2) is 0 Å². The molecule has 2 fully saturated rings. The van der Waals surface area contributed by atoms with Gasteiger partial charge in [-0.1, -0.05) is 30.3 Å². The van der Waals surface area contributed by atoms with Crippen LogP contribution in [-0.2, 0) is 20.9 Å². The molecule has 2 heterocycles. The molecule has 2 amide bonds. The zero-order chi connectivity index (χ0) is 13.4. The summed E-state index contributed by atoms with van der Waals surface area (Å²) < 4.78 is 0. The van der Waals surface area contributed by atoms with E-state index in [1.807, 2.05) is 30.3 Å². The number of amides is 2. The van der Waals surface area contributed by atoms with Crippen molar-refractivity contribution < 1.29 is 14.4 Å². The largest absolute Gasteiger partial charge is 0.327 e. The monoisotopic (exact) mass is 258 g/mol. The van der Waals surface area contributed by atoms with Crippen LogP contribution in [0.5, 0.6) is 0 Å². The van der Waals surface area contributed by atoms with Crippen LogP contribution in [-0.4, -0.2) is 46.5 Å². The lowest BCUT2D eigenvalue weighted by Gasteiger charge is -2.35. The molecular formula is C14H14N2O3. The van der Waals surface area contributed by atoms with E-state index in [9.17, 15) is 14.4 Å². The Morgan fingerprint density at radius 1 is 1.05 bits per heavy atom. The van der Waals surface area contributed by atoms with Gasteiger partial charge in [0.1, 0.15) is 12.6 Å². The molecule has 0 aromatic heterocycles. The molecule has 19 heavy (non-hydrogen) atoms. The maximum absolute atomic E-state index is 12.3. The number of piperazine rings is 1. The van der Waals surface area contributed by atoms with Crippen molar-refractivity contribution >= 4 is 17.6 Å². The molecule has 0 N–H and O–H groups in total. The van der Waals surface area contributed by atoms with Crippen molar-refractivity contribution in [3.63, 3.8) is 0 Å². The molecule has 0 radical (unpaired) electrons. The first kappa shape index (κ1) is 11.9. The molecule has 0 saturated carbocycles. The Bertz CT molecular complexity index is 541. The van der Waals surface area contributed by atoms with Crippen LogP contribution < -0.4 is 0 Å². The number of benzene rings is 1. The quantitative estimate of drug-likeness (QED) is 0.761. The molecule has 0 aliphatic carbocycles. The summed E-state index contributed by atoms with van der Waals surface area (Å²) in [5.74, 6) is -0.283. The molecule has 0 spiro atoms. The summed E-state index contributed by atoms with van der Waals surface area (Å²) in [5.41, 5.74) is 0.987. The number of carbonyl (C=O) groups is 3. The highest BCUT2D eigenvalue weighted by atomic mass is 16.2. The zero-order valence-corrected chi connectivity index (χ0v) is 10.4. The second-order valence-electron chi connectivity index (χ2n) is 4.96. The second kappa shape index (κ2) is 4.50. The van der Waals surface area contributed by atoms with Gasteiger partial charge in [0.2, 0.25) is 11.8 Å². The fraction of sp³-hybridized carbons (Fsp3) is 0.357. The first-order valence-electron chi connectivity index (χ1n) is 6.29. The molecule has 2 saturated heterocycles. The summed E-state index contributed by atoms with van der Waals surface area (Å²) in [7, 11) is 0. The Labute approximate surface area is 110 Å². The normalized spacial score (nSPS) is 22.9. The van der Waals surface area contributed by atoms with Crippen molar-refractivity contribution in [2.75, 3.05) is 13.1 Å². The van der Waals surface area contributed by atoms with Crippen LogP contribution in [0.1, 0.15) is 12.0 Å². The summed E-state index contributed by atoms with van der Waals surface area (Å²) in [6, 6.07) is 8.98. The zero-order valence-electron chi connectivity index (χ0n) is 10.4. The topological polar surface area (TPSA) is 57.7 Å². The summed E-state index contributed by atoms with van der Waals surface area (Å²) in [6.45, 7) is 0.579. The lowest BCUT2D eigenvalue weighted by molar-refractivity contribution is -0.154. The van der Waals surface area contributed by atoms with Gasteiger partial charge in [-0.05, 0) is 5.56 Å². The van der Waals surface area contributed by atoms with Crippen LogP contribution in [0.2, 0.25) is 0 Å². The van der Waals surface area contributed by atoms with E-state index in [0.717, 1.165) is 5.56 Å². The van der Waals surface area contributed by atoms with E-state index in [1.165, 1.54) is 9.80 Å². The lowest BCUT2D eigenvalue weighted by Crippen LogP contribution is -2.56. The van der Waals surface area contributed by atoms with Gasteiger partial charge < -0.3 is 9.80 Å². The molecule has 5 nitrogen and oxygen atoms in total. The van der Waals surface area contributed by atoms with Crippen LogP contribution in [0.25, 0.3) is 0 Å². The number of ketones is 1. The maximum Gasteiger partial charge on any atom is 0.246 e. The molecule has 5 heteroatoms. The van der Waals surface area contributed by atoms with Gasteiger partial charge in [-0.2, -0.15) is 0 Å². The highest BCUT2D eigenvalue weighted by Crippen LogP contribution is 2.22. The number of carbonyl (C=O) groups excluding carboxylic acids is 3. The molecule has 0 bridgehead atoms. The minimum atomic E-state index is -0.572. The van der Waals surface area contributed by atoms with E-state index in [1.54, 1.807) is 0 Å². The predicted molar refractivity (Wildman–Crippen MR) is 67.0 cm³/mol. The average molecular weight is 258 g/mol. The summed E-state index contributed by atoms with van der Waals surface area (Å²) in [5, 5.41) is 0. The van der Waals surface area contributed by atoms with Crippen molar-refractivity contribution in [2.24, 2.45) is 0 Å². The predicted octanol–water partition coefficient (Wildman–Crippen LogP) is 0.199.